The van der Waals surface area contributed by atoms with Crippen LogP contribution in [0.3, 0.4) is 0 Å². The Morgan fingerprint density at radius 3 is 2.19 bits per heavy atom. The van der Waals surface area contributed by atoms with E-state index in [1.54, 1.807) is 12.1 Å². The van der Waals surface area contributed by atoms with Gasteiger partial charge in [0, 0.05) is 31.3 Å². The van der Waals surface area contributed by atoms with Crippen LogP contribution in [0.2, 0.25) is 0 Å². The van der Waals surface area contributed by atoms with Crippen LogP contribution in [0.4, 0.5) is 5.69 Å². The molecule has 2 N–H and O–H groups in total. The molecule has 0 heterocycles. The number of ether oxygens (including phenoxy) is 1. The standard InChI is InChI=1S/C24H37N3O4/c1-5-19(3)27-24-18(2)14-22(15-21(24)16-28)31-17-23(30)26-13-11-9-7-6-8-10-12-25-20(4)29/h14-16H,5-13,17H2,1-4H3,(H,25,29)(H,26,30). The Hall–Kier alpha value is -2.70. The van der Waals surface area contributed by atoms with E-state index < -0.39 is 0 Å². The third kappa shape index (κ3) is 11.3. The van der Waals surface area contributed by atoms with Crippen molar-refractivity contribution in [3.8, 4) is 5.75 Å². The van der Waals surface area contributed by atoms with Gasteiger partial charge in [-0.3, -0.25) is 19.4 Å². The summed E-state index contributed by atoms with van der Waals surface area (Å²) in [5, 5.41) is 5.66. The second-order valence-corrected chi connectivity index (χ2v) is 7.74. The van der Waals surface area contributed by atoms with E-state index in [4.69, 9.17) is 4.74 Å². The molecule has 0 fully saturated rings. The molecule has 2 amide bonds. The summed E-state index contributed by atoms with van der Waals surface area (Å²) in [7, 11) is 0. The number of aldehydes is 1. The molecule has 31 heavy (non-hydrogen) atoms. The Balaban J connectivity index is 2.28. The smallest absolute Gasteiger partial charge is 0.257 e. The summed E-state index contributed by atoms with van der Waals surface area (Å²) >= 11 is 0. The molecule has 0 spiro atoms. The highest BCUT2D eigenvalue weighted by Gasteiger charge is 2.10. The highest BCUT2D eigenvalue weighted by Crippen LogP contribution is 2.28. The van der Waals surface area contributed by atoms with Crippen LogP contribution in [0.5, 0.6) is 5.75 Å². The minimum Gasteiger partial charge on any atom is -0.484 e. The molecular weight excluding hydrogens is 394 g/mol. The van der Waals surface area contributed by atoms with Crippen molar-refractivity contribution in [1.29, 1.82) is 0 Å². The van der Waals surface area contributed by atoms with Gasteiger partial charge in [-0.1, -0.05) is 32.6 Å². The lowest BCUT2D eigenvalue weighted by atomic mass is 10.1. The maximum atomic E-state index is 12.0. The molecule has 0 saturated heterocycles. The van der Waals surface area contributed by atoms with E-state index in [2.05, 4.69) is 15.6 Å². The van der Waals surface area contributed by atoms with Crippen LogP contribution in [0.1, 0.15) is 81.6 Å². The van der Waals surface area contributed by atoms with E-state index in [1.165, 1.54) is 6.92 Å². The number of amides is 2. The van der Waals surface area contributed by atoms with Gasteiger partial charge < -0.3 is 15.4 Å². The number of aliphatic imine (C=N–C) groups is 1. The quantitative estimate of drug-likeness (QED) is 0.246. The van der Waals surface area contributed by atoms with Crippen molar-refractivity contribution >= 4 is 29.5 Å². The van der Waals surface area contributed by atoms with Gasteiger partial charge in [-0.2, -0.15) is 0 Å². The summed E-state index contributed by atoms with van der Waals surface area (Å²) in [6, 6.07) is 3.43. The number of unbranched alkanes of at least 4 members (excludes halogenated alkanes) is 5. The Bertz CT molecular complexity index is 759. The maximum absolute atomic E-state index is 12.0. The molecule has 1 rings (SSSR count). The summed E-state index contributed by atoms with van der Waals surface area (Å²) in [6.45, 7) is 8.63. The topological polar surface area (TPSA) is 96.9 Å². The largest absolute Gasteiger partial charge is 0.484 e. The van der Waals surface area contributed by atoms with Crippen molar-refractivity contribution < 1.29 is 19.1 Å². The SMILES string of the molecule is CCC(C)=Nc1c(C)cc(OCC(=O)NCCCCCCCCNC(C)=O)cc1C=O. The molecule has 7 heteroatoms. The molecule has 0 aliphatic carbocycles. The van der Waals surface area contributed by atoms with E-state index in [-0.39, 0.29) is 18.4 Å². The Kier molecular flexibility index (Phi) is 12.9. The van der Waals surface area contributed by atoms with Gasteiger partial charge in [-0.05, 0) is 50.8 Å². The molecule has 0 radical (unpaired) electrons. The number of rotatable bonds is 15. The first kappa shape index (κ1) is 26.3. The molecule has 0 aliphatic heterocycles. The number of nitrogens with zero attached hydrogens (tertiary/aromatic N) is 1. The minimum atomic E-state index is -0.176. The molecular formula is C24H37N3O4. The lowest BCUT2D eigenvalue weighted by molar-refractivity contribution is -0.123. The zero-order valence-electron chi connectivity index (χ0n) is 19.4. The fourth-order valence-corrected chi connectivity index (χ4v) is 3.02. The molecule has 7 nitrogen and oxygen atoms in total. The van der Waals surface area contributed by atoms with Crippen molar-refractivity contribution in [1.82, 2.24) is 10.6 Å². The number of hydrogen-bond donors (Lipinski definition) is 2. The van der Waals surface area contributed by atoms with Crippen LogP contribution in [0.15, 0.2) is 17.1 Å². The van der Waals surface area contributed by atoms with Crippen LogP contribution in [-0.4, -0.2) is 43.5 Å². The summed E-state index contributed by atoms with van der Waals surface area (Å²) in [6.07, 6.45) is 7.92. The Morgan fingerprint density at radius 1 is 1.00 bits per heavy atom. The van der Waals surface area contributed by atoms with Crippen LogP contribution in [0.25, 0.3) is 0 Å². The van der Waals surface area contributed by atoms with E-state index in [0.717, 1.165) is 69.1 Å². The lowest BCUT2D eigenvalue weighted by Gasteiger charge is -2.11. The van der Waals surface area contributed by atoms with Gasteiger partial charge >= 0.3 is 0 Å². The fourth-order valence-electron chi connectivity index (χ4n) is 3.02. The van der Waals surface area contributed by atoms with E-state index in [9.17, 15) is 14.4 Å². The molecule has 0 aliphatic rings. The van der Waals surface area contributed by atoms with Gasteiger partial charge in [0.2, 0.25) is 5.91 Å². The van der Waals surface area contributed by atoms with E-state index in [0.29, 0.717) is 23.5 Å². The average Bonchev–Trinajstić information content (AvgIpc) is 2.74. The van der Waals surface area contributed by atoms with Crippen molar-refractivity contribution in [2.75, 3.05) is 19.7 Å². The van der Waals surface area contributed by atoms with Crippen LogP contribution in [0, 0.1) is 6.92 Å². The summed E-state index contributed by atoms with van der Waals surface area (Å²) in [4.78, 5) is 38.7. The van der Waals surface area contributed by atoms with Gasteiger partial charge in [0.15, 0.2) is 12.9 Å². The number of aryl methyl sites for hydroxylation is 1. The number of nitrogens with one attached hydrogen (secondary N) is 2. The highest BCUT2D eigenvalue weighted by atomic mass is 16.5. The second-order valence-electron chi connectivity index (χ2n) is 7.74. The number of benzene rings is 1. The second kappa shape index (κ2) is 15.2. The number of carbonyl (C=O) groups is 3. The number of carbonyl (C=O) groups excluding carboxylic acids is 3. The third-order valence-electron chi connectivity index (χ3n) is 4.91. The van der Waals surface area contributed by atoms with Crippen LogP contribution >= 0.6 is 0 Å². The molecule has 0 aromatic heterocycles. The molecule has 0 unspecified atom stereocenters. The monoisotopic (exact) mass is 431 g/mol. The first-order valence-corrected chi connectivity index (χ1v) is 11.1. The average molecular weight is 432 g/mol. The zero-order chi connectivity index (χ0) is 23.1. The molecule has 172 valence electrons. The molecule has 0 saturated carbocycles. The summed E-state index contributed by atoms with van der Waals surface area (Å²) in [5.74, 6) is 0.332. The third-order valence-corrected chi connectivity index (χ3v) is 4.91. The summed E-state index contributed by atoms with van der Waals surface area (Å²) < 4.78 is 5.58. The van der Waals surface area contributed by atoms with Gasteiger partial charge in [-0.25, -0.2) is 0 Å². The van der Waals surface area contributed by atoms with Gasteiger partial charge in [0.25, 0.3) is 5.91 Å². The Labute approximate surface area is 186 Å². The fraction of sp³-hybridized carbons (Fsp3) is 0.583. The molecule has 1 aromatic carbocycles. The van der Waals surface area contributed by atoms with Crippen molar-refractivity contribution in [3.63, 3.8) is 0 Å². The van der Waals surface area contributed by atoms with Crippen LogP contribution in [-0.2, 0) is 9.59 Å². The first-order chi connectivity index (χ1) is 14.9. The van der Waals surface area contributed by atoms with Crippen molar-refractivity contribution in [2.45, 2.75) is 72.6 Å². The normalized spacial score (nSPS) is 11.2. The Morgan fingerprint density at radius 2 is 1.61 bits per heavy atom. The number of hydrogen-bond acceptors (Lipinski definition) is 5. The van der Waals surface area contributed by atoms with Crippen LogP contribution < -0.4 is 15.4 Å². The van der Waals surface area contributed by atoms with E-state index in [1.807, 2.05) is 20.8 Å². The predicted molar refractivity (Wildman–Crippen MR) is 125 cm³/mol. The maximum Gasteiger partial charge on any atom is 0.257 e. The predicted octanol–water partition coefficient (Wildman–Crippen LogP) is 4.28. The van der Waals surface area contributed by atoms with Crippen molar-refractivity contribution in [3.05, 3.63) is 23.3 Å². The highest BCUT2D eigenvalue weighted by molar-refractivity contribution is 5.91. The minimum absolute atomic E-state index is 0.0206. The van der Waals surface area contributed by atoms with Gasteiger partial charge in [0.1, 0.15) is 5.75 Å². The van der Waals surface area contributed by atoms with Gasteiger partial charge in [0.05, 0.1) is 5.69 Å². The first-order valence-electron chi connectivity index (χ1n) is 11.1. The zero-order valence-corrected chi connectivity index (χ0v) is 19.4. The molecule has 0 bridgehead atoms. The van der Waals surface area contributed by atoms with Gasteiger partial charge in [-0.15, -0.1) is 0 Å². The lowest BCUT2D eigenvalue weighted by Crippen LogP contribution is -2.29. The molecule has 0 atom stereocenters. The molecule has 1 aromatic rings. The summed E-state index contributed by atoms with van der Waals surface area (Å²) in [5.41, 5.74) is 2.90. The van der Waals surface area contributed by atoms with Crippen molar-refractivity contribution in [2.24, 2.45) is 4.99 Å². The van der Waals surface area contributed by atoms with E-state index >= 15 is 0 Å².